The van der Waals surface area contributed by atoms with Crippen LogP contribution in [0.4, 0.5) is 22.7 Å². The zero-order valence-corrected chi connectivity index (χ0v) is 25.1. The second kappa shape index (κ2) is 13.7. The van der Waals surface area contributed by atoms with E-state index in [4.69, 9.17) is 9.97 Å². The molecular formula is C36H40N6. The molecule has 6 nitrogen and oxygen atoms in total. The molecule has 0 radical (unpaired) electrons. The summed E-state index contributed by atoms with van der Waals surface area (Å²) >= 11 is 0. The van der Waals surface area contributed by atoms with E-state index in [9.17, 15) is 0 Å². The van der Waals surface area contributed by atoms with Gasteiger partial charge in [-0.3, -0.25) is 9.97 Å². The lowest BCUT2D eigenvalue weighted by molar-refractivity contribution is 0.731. The fraction of sp³-hybridized carbons (Fsp3) is 0.222. The lowest BCUT2D eigenvalue weighted by atomic mass is 10.1. The van der Waals surface area contributed by atoms with Crippen LogP contribution in [0.1, 0.15) is 22.8 Å². The van der Waals surface area contributed by atoms with Gasteiger partial charge in [0.1, 0.15) is 0 Å². The molecule has 0 atom stereocenters. The van der Waals surface area contributed by atoms with E-state index in [2.05, 4.69) is 145 Å². The fourth-order valence-electron chi connectivity index (χ4n) is 5.08. The number of rotatable bonds is 12. The third-order valence-corrected chi connectivity index (χ3v) is 7.54. The molecule has 6 heteroatoms. The molecule has 5 aromatic rings. The zero-order chi connectivity index (χ0) is 29.3. The van der Waals surface area contributed by atoms with Crippen LogP contribution in [-0.4, -0.2) is 38.2 Å². The smallest absolute Gasteiger partial charge is 0.0834 e. The molecule has 0 bridgehead atoms. The first kappa shape index (κ1) is 28.7. The Morgan fingerprint density at radius 2 is 0.524 bits per heavy atom. The van der Waals surface area contributed by atoms with Crippen LogP contribution in [0.25, 0.3) is 0 Å². The first-order chi connectivity index (χ1) is 20.5. The summed E-state index contributed by atoms with van der Waals surface area (Å²) in [6.07, 6.45) is 0. The largest absolute Gasteiger partial charge is 0.369 e. The number of hydrogen-bond acceptors (Lipinski definition) is 6. The van der Waals surface area contributed by atoms with E-state index in [1.165, 1.54) is 0 Å². The van der Waals surface area contributed by atoms with Gasteiger partial charge in [0, 0.05) is 50.9 Å². The Hall–Kier alpha value is -4.84. The molecule has 0 unspecified atom stereocenters. The highest BCUT2D eigenvalue weighted by Crippen LogP contribution is 2.24. The minimum Gasteiger partial charge on any atom is -0.369 e. The predicted molar refractivity (Wildman–Crippen MR) is 176 cm³/mol. The van der Waals surface area contributed by atoms with E-state index in [1.807, 2.05) is 24.3 Å². The Bertz CT molecular complexity index is 1300. The van der Waals surface area contributed by atoms with Crippen LogP contribution in [0.2, 0.25) is 0 Å². The summed E-state index contributed by atoms with van der Waals surface area (Å²) in [5.41, 5.74) is 8.57. The summed E-state index contributed by atoms with van der Waals surface area (Å²) in [6.45, 7) is 2.63. The van der Waals surface area contributed by atoms with Crippen LogP contribution >= 0.6 is 0 Å². The van der Waals surface area contributed by atoms with E-state index in [1.54, 1.807) is 0 Å². The van der Waals surface area contributed by atoms with Crippen molar-refractivity contribution in [1.29, 1.82) is 0 Å². The molecule has 0 aliphatic heterocycles. The molecule has 5 rings (SSSR count). The molecule has 0 fully saturated rings. The molecule has 1 heterocycles. The van der Waals surface area contributed by atoms with E-state index in [0.717, 1.165) is 45.5 Å². The number of para-hydroxylation sites is 4. The summed E-state index contributed by atoms with van der Waals surface area (Å²) in [7, 11) is 8.48. The summed E-state index contributed by atoms with van der Waals surface area (Å²) in [5, 5.41) is 0. The molecule has 214 valence electrons. The van der Waals surface area contributed by atoms with Gasteiger partial charge >= 0.3 is 0 Å². The maximum Gasteiger partial charge on any atom is 0.0834 e. The van der Waals surface area contributed by atoms with Gasteiger partial charge < -0.3 is 19.6 Å². The topological polar surface area (TPSA) is 38.7 Å². The molecule has 1 aromatic heterocycles. The van der Waals surface area contributed by atoms with Crippen molar-refractivity contribution in [2.24, 2.45) is 0 Å². The average molecular weight is 557 g/mol. The van der Waals surface area contributed by atoms with Gasteiger partial charge in [-0.15, -0.1) is 0 Å². The second-order valence-electron chi connectivity index (χ2n) is 10.8. The molecule has 42 heavy (non-hydrogen) atoms. The monoisotopic (exact) mass is 556 g/mol. The Kier molecular flexibility index (Phi) is 9.34. The van der Waals surface area contributed by atoms with Crippen LogP contribution in [0, 0.1) is 0 Å². The summed E-state index contributed by atoms with van der Waals surface area (Å²) < 4.78 is 0. The third-order valence-electron chi connectivity index (χ3n) is 7.54. The van der Waals surface area contributed by atoms with E-state index in [-0.39, 0.29) is 0 Å². The van der Waals surface area contributed by atoms with Gasteiger partial charge in [0.25, 0.3) is 0 Å². The minimum atomic E-state index is 0.659. The third kappa shape index (κ3) is 7.26. The molecule has 0 amide bonds. The van der Waals surface area contributed by atoms with Gasteiger partial charge in [0.05, 0.1) is 49.0 Å². The molecular weight excluding hydrogens is 516 g/mol. The van der Waals surface area contributed by atoms with Crippen molar-refractivity contribution < 1.29 is 0 Å². The lowest BCUT2D eigenvalue weighted by Gasteiger charge is -2.27. The van der Waals surface area contributed by atoms with Gasteiger partial charge in [-0.2, -0.15) is 0 Å². The molecule has 0 spiro atoms. The lowest BCUT2D eigenvalue weighted by Crippen LogP contribution is -2.28. The highest BCUT2D eigenvalue weighted by Gasteiger charge is 2.20. The maximum atomic E-state index is 5.40. The molecule has 0 N–H and O–H groups in total. The first-order valence-electron chi connectivity index (χ1n) is 14.4. The van der Waals surface area contributed by atoms with Crippen LogP contribution in [-0.2, 0) is 26.2 Å². The Labute approximate surface area is 250 Å². The minimum absolute atomic E-state index is 0.659. The maximum absolute atomic E-state index is 5.40. The Morgan fingerprint density at radius 1 is 0.333 bits per heavy atom. The zero-order valence-electron chi connectivity index (χ0n) is 25.1. The number of hydrogen-bond donors (Lipinski definition) is 0. The van der Waals surface area contributed by atoms with Gasteiger partial charge in [0.2, 0.25) is 0 Å². The normalized spacial score (nSPS) is 10.8. The van der Waals surface area contributed by atoms with Crippen LogP contribution in [0.3, 0.4) is 0 Å². The molecule has 0 aliphatic rings. The first-order valence-corrected chi connectivity index (χ1v) is 14.4. The van der Waals surface area contributed by atoms with Gasteiger partial charge in [0.15, 0.2) is 0 Å². The Balaban J connectivity index is 1.55. The van der Waals surface area contributed by atoms with Crippen molar-refractivity contribution in [3.8, 4) is 0 Å². The average Bonchev–Trinajstić information content (AvgIpc) is 3.04. The van der Waals surface area contributed by atoms with Crippen molar-refractivity contribution in [3.63, 3.8) is 0 Å². The number of benzene rings is 4. The molecule has 4 aromatic carbocycles. The number of nitrogens with zero attached hydrogens (tertiary/aromatic N) is 6. The highest BCUT2D eigenvalue weighted by molar-refractivity contribution is 5.50. The Morgan fingerprint density at radius 3 is 0.714 bits per heavy atom. The van der Waals surface area contributed by atoms with E-state index in [0.29, 0.717) is 26.2 Å². The van der Waals surface area contributed by atoms with Crippen LogP contribution in [0.5, 0.6) is 0 Å². The summed E-state index contributed by atoms with van der Waals surface area (Å²) in [5.74, 6) is 0. The summed E-state index contributed by atoms with van der Waals surface area (Å²) in [6, 6.07) is 41.9. The molecule has 0 saturated carbocycles. The highest BCUT2D eigenvalue weighted by atomic mass is 15.2. The standard InChI is InChI=1S/C36H40N6/c1-39(29-17-9-5-10-18-29)25-33-34(26-40(2)30-19-11-6-12-20-30)38-36(28-42(4)32-23-15-8-16-24-32)35(37-33)27-41(3)31-21-13-7-14-22-31/h5-24H,25-28H2,1-4H3. The number of aromatic nitrogens is 2. The SMILES string of the molecule is CN(Cc1nc(CN(C)c2ccccc2)c(CN(C)c2ccccc2)nc1CN(C)c1ccccc1)c1ccccc1. The fourth-order valence-corrected chi connectivity index (χ4v) is 5.08. The number of anilines is 4. The van der Waals surface area contributed by atoms with Crippen molar-refractivity contribution in [3.05, 3.63) is 144 Å². The van der Waals surface area contributed by atoms with Crippen molar-refractivity contribution in [2.75, 3.05) is 47.8 Å². The molecule has 0 saturated heterocycles. The van der Waals surface area contributed by atoms with E-state index < -0.39 is 0 Å². The summed E-state index contributed by atoms with van der Waals surface area (Å²) in [4.78, 5) is 19.8. The van der Waals surface area contributed by atoms with Crippen molar-refractivity contribution in [2.45, 2.75) is 26.2 Å². The van der Waals surface area contributed by atoms with Crippen molar-refractivity contribution >= 4 is 22.7 Å². The van der Waals surface area contributed by atoms with Crippen LogP contribution in [0.15, 0.2) is 121 Å². The molecule has 0 aliphatic carbocycles. The van der Waals surface area contributed by atoms with E-state index >= 15 is 0 Å². The second-order valence-corrected chi connectivity index (χ2v) is 10.8. The van der Waals surface area contributed by atoms with Gasteiger partial charge in [-0.25, -0.2) is 0 Å². The van der Waals surface area contributed by atoms with Gasteiger partial charge in [-0.1, -0.05) is 72.8 Å². The van der Waals surface area contributed by atoms with Crippen molar-refractivity contribution in [1.82, 2.24) is 9.97 Å². The van der Waals surface area contributed by atoms with Gasteiger partial charge in [-0.05, 0) is 48.5 Å². The van der Waals surface area contributed by atoms with Crippen LogP contribution < -0.4 is 19.6 Å². The predicted octanol–water partition coefficient (Wildman–Crippen LogP) is 7.02. The quantitative estimate of drug-likeness (QED) is 0.164.